The topological polar surface area (TPSA) is 78.1 Å². The average Bonchev–Trinajstić information content (AvgIpc) is 3.34. The Hall–Kier alpha value is -3.66. The molecule has 2 aliphatic heterocycles. The first kappa shape index (κ1) is 26.0. The van der Waals surface area contributed by atoms with Crippen molar-refractivity contribution < 1.29 is 27.8 Å². The van der Waals surface area contributed by atoms with Gasteiger partial charge in [0, 0.05) is 30.5 Å². The Balaban J connectivity index is 1.36. The highest BCUT2D eigenvalue weighted by Gasteiger charge is 2.36. The minimum Gasteiger partial charge on any atom is -0.497 e. The fraction of sp³-hybridized carbons (Fsp3) is 0.429. The molecule has 2 fully saturated rings. The molecule has 0 unspecified atom stereocenters. The van der Waals surface area contributed by atoms with Crippen molar-refractivity contribution in [2.75, 3.05) is 39.8 Å². The standard InChI is InChI=1S/C28H32F2N4O4/c1-37-22-8-9-24-20(13-22)14-25(31-24)27(36)33-17-21(16-32-10-3-2-4-11-32)34(26(35)18-33)15-19-6-5-7-23(12-19)38-28(29)30/h5-9,12-14,21,28,31H,2-4,10-11,15-18H2,1H3/t21-/m0/s1. The smallest absolute Gasteiger partial charge is 0.387 e. The van der Waals surface area contributed by atoms with Gasteiger partial charge < -0.3 is 29.2 Å². The molecular weight excluding hydrogens is 494 g/mol. The van der Waals surface area contributed by atoms with Crippen LogP contribution in [0.4, 0.5) is 8.78 Å². The second-order valence-corrected chi connectivity index (χ2v) is 9.88. The van der Waals surface area contributed by atoms with E-state index in [2.05, 4.69) is 14.6 Å². The zero-order valence-electron chi connectivity index (χ0n) is 21.4. The summed E-state index contributed by atoms with van der Waals surface area (Å²) >= 11 is 0. The van der Waals surface area contributed by atoms with Gasteiger partial charge in [-0.05, 0) is 67.9 Å². The number of nitrogens with one attached hydrogen (secondary N) is 1. The largest absolute Gasteiger partial charge is 0.497 e. The van der Waals surface area contributed by atoms with E-state index in [1.54, 1.807) is 35.1 Å². The zero-order valence-corrected chi connectivity index (χ0v) is 21.4. The van der Waals surface area contributed by atoms with Crippen molar-refractivity contribution in [1.82, 2.24) is 19.7 Å². The van der Waals surface area contributed by atoms with Crippen LogP contribution in [0.2, 0.25) is 0 Å². The first-order valence-corrected chi connectivity index (χ1v) is 12.9. The number of H-pyrrole nitrogens is 1. The van der Waals surface area contributed by atoms with Crippen molar-refractivity contribution in [2.45, 2.75) is 38.5 Å². The van der Waals surface area contributed by atoms with Gasteiger partial charge >= 0.3 is 6.61 Å². The first-order valence-electron chi connectivity index (χ1n) is 12.9. The average molecular weight is 527 g/mol. The summed E-state index contributed by atoms with van der Waals surface area (Å²) < 4.78 is 35.3. The van der Waals surface area contributed by atoms with Crippen molar-refractivity contribution in [2.24, 2.45) is 0 Å². The number of carbonyl (C=O) groups is 2. The van der Waals surface area contributed by atoms with Crippen LogP contribution in [0.15, 0.2) is 48.5 Å². The molecule has 38 heavy (non-hydrogen) atoms. The number of hydrogen-bond acceptors (Lipinski definition) is 5. The Bertz CT molecular complexity index is 1290. The molecule has 2 amide bonds. The van der Waals surface area contributed by atoms with Gasteiger partial charge in [0.05, 0.1) is 13.2 Å². The van der Waals surface area contributed by atoms with E-state index < -0.39 is 6.61 Å². The number of halogens is 2. The lowest BCUT2D eigenvalue weighted by Gasteiger charge is -2.43. The van der Waals surface area contributed by atoms with Gasteiger partial charge in [0.15, 0.2) is 0 Å². The lowest BCUT2D eigenvalue weighted by atomic mass is 10.1. The van der Waals surface area contributed by atoms with Gasteiger partial charge in [-0.25, -0.2) is 0 Å². The van der Waals surface area contributed by atoms with Crippen LogP contribution in [0.25, 0.3) is 10.9 Å². The molecule has 2 aromatic carbocycles. The maximum absolute atomic E-state index is 13.5. The predicted octanol–water partition coefficient (Wildman–Crippen LogP) is 4.12. The van der Waals surface area contributed by atoms with Crippen LogP contribution in [-0.4, -0.2) is 84.0 Å². The molecule has 8 nitrogen and oxygen atoms in total. The van der Waals surface area contributed by atoms with E-state index in [1.165, 1.54) is 18.6 Å². The zero-order chi connectivity index (χ0) is 26.6. The maximum atomic E-state index is 13.5. The lowest BCUT2D eigenvalue weighted by molar-refractivity contribution is -0.140. The second-order valence-electron chi connectivity index (χ2n) is 9.88. The van der Waals surface area contributed by atoms with Gasteiger partial charge in [-0.2, -0.15) is 8.78 Å². The normalized spacial score (nSPS) is 18.8. The molecule has 0 aliphatic carbocycles. The van der Waals surface area contributed by atoms with E-state index in [0.717, 1.165) is 36.8 Å². The van der Waals surface area contributed by atoms with Crippen LogP contribution < -0.4 is 9.47 Å². The van der Waals surface area contributed by atoms with Crippen molar-refractivity contribution >= 4 is 22.7 Å². The molecule has 0 saturated carbocycles. The summed E-state index contributed by atoms with van der Waals surface area (Å²) in [6, 6.07) is 13.5. The van der Waals surface area contributed by atoms with E-state index >= 15 is 0 Å². The lowest BCUT2D eigenvalue weighted by Crippen LogP contribution is -2.60. The summed E-state index contributed by atoms with van der Waals surface area (Å²) in [5.41, 5.74) is 1.93. The Morgan fingerprint density at radius 3 is 2.66 bits per heavy atom. The monoisotopic (exact) mass is 526 g/mol. The number of fused-ring (bicyclic) bond motifs is 1. The van der Waals surface area contributed by atoms with E-state index in [1.807, 2.05) is 18.2 Å². The number of hydrogen-bond donors (Lipinski definition) is 1. The van der Waals surface area contributed by atoms with Gasteiger partial charge in [-0.1, -0.05) is 18.6 Å². The number of carbonyl (C=O) groups excluding carboxylic acids is 2. The number of likely N-dealkylation sites (tertiary alicyclic amines) is 1. The highest BCUT2D eigenvalue weighted by atomic mass is 19.3. The third kappa shape index (κ3) is 5.91. The Morgan fingerprint density at radius 2 is 1.89 bits per heavy atom. The van der Waals surface area contributed by atoms with Gasteiger partial charge in [0.2, 0.25) is 5.91 Å². The third-order valence-electron chi connectivity index (χ3n) is 7.26. The Morgan fingerprint density at radius 1 is 1.08 bits per heavy atom. The molecule has 0 radical (unpaired) electrons. The number of ether oxygens (including phenoxy) is 2. The number of methoxy groups -OCH3 is 1. The predicted molar refractivity (Wildman–Crippen MR) is 138 cm³/mol. The summed E-state index contributed by atoms with van der Waals surface area (Å²) in [5.74, 6) is 0.347. The molecule has 2 saturated heterocycles. The van der Waals surface area contributed by atoms with Crippen molar-refractivity contribution in [3.63, 3.8) is 0 Å². The summed E-state index contributed by atoms with van der Waals surface area (Å²) in [7, 11) is 1.59. The summed E-state index contributed by atoms with van der Waals surface area (Å²) in [6.07, 6.45) is 3.40. The van der Waals surface area contributed by atoms with E-state index in [0.29, 0.717) is 30.1 Å². The third-order valence-corrected chi connectivity index (χ3v) is 7.26. The van der Waals surface area contributed by atoms with Crippen LogP contribution in [-0.2, 0) is 11.3 Å². The Kier molecular flexibility index (Phi) is 7.78. The highest BCUT2D eigenvalue weighted by molar-refractivity contribution is 6.00. The molecule has 0 spiro atoms. The molecule has 3 aromatic rings. The molecule has 0 bridgehead atoms. The SMILES string of the molecule is COc1ccc2[nH]c(C(=O)N3CC(=O)N(Cc4cccc(OC(F)F)c4)[C@@H](CN4CCCCC4)C3)cc2c1. The molecule has 1 atom stereocenters. The molecule has 5 rings (SSSR count). The van der Waals surface area contributed by atoms with Gasteiger partial charge in [-0.3, -0.25) is 9.59 Å². The summed E-state index contributed by atoms with van der Waals surface area (Å²) in [5, 5.41) is 0.855. The fourth-order valence-electron chi connectivity index (χ4n) is 5.38. The Labute approximate surface area is 220 Å². The van der Waals surface area contributed by atoms with Gasteiger partial charge in [-0.15, -0.1) is 0 Å². The summed E-state index contributed by atoms with van der Waals surface area (Å²) in [4.78, 5) is 35.9. The van der Waals surface area contributed by atoms with Crippen LogP contribution in [0.1, 0.15) is 35.3 Å². The van der Waals surface area contributed by atoms with E-state index in [-0.39, 0.29) is 36.7 Å². The number of aromatic amines is 1. The van der Waals surface area contributed by atoms with E-state index in [4.69, 9.17) is 4.74 Å². The maximum Gasteiger partial charge on any atom is 0.387 e. The van der Waals surface area contributed by atoms with Crippen molar-refractivity contribution in [3.05, 3.63) is 59.8 Å². The summed E-state index contributed by atoms with van der Waals surface area (Å²) in [6.45, 7) is 0.216. The van der Waals surface area contributed by atoms with E-state index in [9.17, 15) is 18.4 Å². The van der Waals surface area contributed by atoms with Crippen molar-refractivity contribution in [1.29, 1.82) is 0 Å². The number of amides is 2. The number of aromatic nitrogens is 1. The number of nitrogens with zero attached hydrogens (tertiary/aromatic N) is 3. The minimum absolute atomic E-state index is 0.0543. The number of alkyl halides is 2. The number of benzene rings is 2. The molecule has 202 valence electrons. The molecule has 1 N–H and O–H groups in total. The highest BCUT2D eigenvalue weighted by Crippen LogP contribution is 2.25. The van der Waals surface area contributed by atoms with Gasteiger partial charge in [0.25, 0.3) is 5.91 Å². The molecule has 2 aliphatic rings. The minimum atomic E-state index is -2.92. The van der Waals surface area contributed by atoms with Crippen LogP contribution in [0, 0.1) is 0 Å². The molecular formula is C28H32F2N4O4. The second kappa shape index (κ2) is 11.4. The van der Waals surface area contributed by atoms with Crippen LogP contribution >= 0.6 is 0 Å². The molecule has 3 heterocycles. The first-order chi connectivity index (χ1) is 18.4. The van der Waals surface area contributed by atoms with Crippen LogP contribution in [0.5, 0.6) is 11.5 Å². The quantitative estimate of drug-likeness (QED) is 0.478. The fourth-order valence-corrected chi connectivity index (χ4v) is 5.38. The van der Waals surface area contributed by atoms with Crippen LogP contribution in [0.3, 0.4) is 0 Å². The number of piperidine rings is 1. The van der Waals surface area contributed by atoms with Gasteiger partial charge in [0.1, 0.15) is 23.7 Å². The molecule has 10 heteroatoms. The number of piperazine rings is 1. The number of rotatable bonds is 8. The van der Waals surface area contributed by atoms with Crippen molar-refractivity contribution in [3.8, 4) is 11.5 Å². The molecule has 1 aromatic heterocycles.